The van der Waals surface area contributed by atoms with Gasteiger partial charge in [-0.3, -0.25) is 4.31 Å². The van der Waals surface area contributed by atoms with Gasteiger partial charge in [-0.2, -0.15) is 0 Å². The molecule has 1 unspecified atom stereocenters. The van der Waals surface area contributed by atoms with Gasteiger partial charge in [-0.05, 0) is 79.3 Å². The molecule has 4 rings (SSSR count). The van der Waals surface area contributed by atoms with E-state index in [1.54, 1.807) is 0 Å². The smallest absolute Gasteiger partial charge is 0.264 e. The quantitative estimate of drug-likeness (QED) is 0.563. The Balaban J connectivity index is 1.70. The van der Waals surface area contributed by atoms with Crippen LogP contribution in [0.15, 0.2) is 41.3 Å². The van der Waals surface area contributed by atoms with Crippen molar-refractivity contribution >= 4 is 15.7 Å². The lowest BCUT2D eigenvalue weighted by atomic mass is 9.92. The average molecular weight is 490 g/mol. The number of aryl methyl sites for hydroxylation is 1. The average Bonchev–Trinajstić information content (AvgIpc) is 2.86. The van der Waals surface area contributed by atoms with Gasteiger partial charge in [-0.25, -0.2) is 8.42 Å². The number of anilines is 1. The minimum atomic E-state index is -4.02. The Bertz CT molecular complexity index is 1170. The van der Waals surface area contributed by atoms with E-state index in [0.717, 1.165) is 24.8 Å². The van der Waals surface area contributed by atoms with Crippen molar-refractivity contribution in [1.82, 2.24) is 0 Å². The molecule has 1 fully saturated rings. The Morgan fingerprint density at radius 1 is 1.18 bits per heavy atom. The highest BCUT2D eigenvalue weighted by molar-refractivity contribution is 7.92. The standard InChI is InChI=1S/C27H37NO5S/c1-4-24-7-5-22-15-21(19(2)3)6-9-26(22)28(24)34(30,31)25-8-10-27(23(16-25)17-29)33-18-20-11-13-32-14-12-20/h6,8-10,15-16,19-20,24,29H,4-5,7,11-14,17-18H2,1-3H3/i17D2. The van der Waals surface area contributed by atoms with E-state index >= 15 is 0 Å². The monoisotopic (exact) mass is 489 g/mol. The van der Waals surface area contributed by atoms with E-state index in [2.05, 4.69) is 19.9 Å². The fourth-order valence-electron chi connectivity index (χ4n) is 4.83. The molecule has 1 N–H and O–H groups in total. The maximum atomic E-state index is 14.0. The van der Waals surface area contributed by atoms with Gasteiger partial charge in [0.1, 0.15) is 5.75 Å². The van der Waals surface area contributed by atoms with Gasteiger partial charge in [0.05, 0.1) is 26.5 Å². The maximum absolute atomic E-state index is 14.0. The number of benzene rings is 2. The summed E-state index contributed by atoms with van der Waals surface area (Å²) in [5.74, 6) is 0.762. The third-order valence-electron chi connectivity index (χ3n) is 7.00. The fraction of sp³-hybridized carbons (Fsp3) is 0.556. The molecule has 0 aromatic heterocycles. The molecule has 1 saturated heterocycles. The van der Waals surface area contributed by atoms with Gasteiger partial charge in [-0.15, -0.1) is 0 Å². The zero-order chi connectivity index (χ0) is 26.1. The summed E-state index contributed by atoms with van der Waals surface area (Å²) < 4.78 is 56.7. The summed E-state index contributed by atoms with van der Waals surface area (Å²) in [4.78, 5) is -0.0620. The topological polar surface area (TPSA) is 76.1 Å². The summed E-state index contributed by atoms with van der Waals surface area (Å²) in [6, 6.07) is 9.90. The van der Waals surface area contributed by atoms with Crippen LogP contribution in [0.4, 0.5) is 5.69 Å². The van der Waals surface area contributed by atoms with E-state index < -0.39 is 16.6 Å². The summed E-state index contributed by atoms with van der Waals surface area (Å²) in [7, 11) is -4.02. The maximum Gasteiger partial charge on any atom is 0.264 e. The van der Waals surface area contributed by atoms with Crippen LogP contribution >= 0.6 is 0 Å². The van der Waals surface area contributed by atoms with Crippen LogP contribution in [0, 0.1) is 5.92 Å². The first-order chi connectivity index (χ1) is 17.0. The number of sulfonamides is 1. The molecular weight excluding hydrogens is 450 g/mol. The predicted molar refractivity (Wildman–Crippen MR) is 134 cm³/mol. The second kappa shape index (κ2) is 10.7. The molecule has 7 heteroatoms. The van der Waals surface area contributed by atoms with Crippen molar-refractivity contribution in [2.45, 2.75) is 76.3 Å². The number of rotatable bonds is 8. The van der Waals surface area contributed by atoms with Crippen molar-refractivity contribution in [1.29, 1.82) is 0 Å². The molecule has 2 aliphatic rings. The molecule has 34 heavy (non-hydrogen) atoms. The van der Waals surface area contributed by atoms with Gasteiger partial charge in [0.2, 0.25) is 0 Å². The molecule has 186 valence electrons. The lowest BCUT2D eigenvalue weighted by Gasteiger charge is -2.38. The molecular formula is C27H37NO5S. The molecule has 6 nitrogen and oxygen atoms in total. The number of fused-ring (bicyclic) bond motifs is 1. The molecule has 2 heterocycles. The first-order valence-corrected chi connectivity index (χ1v) is 13.7. The Labute approximate surface area is 206 Å². The van der Waals surface area contributed by atoms with Crippen LogP contribution in [-0.4, -0.2) is 39.4 Å². The van der Waals surface area contributed by atoms with Crippen molar-refractivity contribution in [2.24, 2.45) is 5.92 Å². The van der Waals surface area contributed by atoms with Gasteiger partial charge >= 0.3 is 0 Å². The molecule has 0 saturated carbocycles. The normalized spacial score (nSPS) is 20.6. The Morgan fingerprint density at radius 3 is 2.62 bits per heavy atom. The van der Waals surface area contributed by atoms with Crippen LogP contribution in [0.1, 0.15) is 71.8 Å². The SMILES string of the molecule is [2H]C([2H])(O)c1cc(S(=O)(=O)N2c3ccc(C(C)C)cc3CCC2CC)ccc1OCC1CCOCC1. The summed E-state index contributed by atoms with van der Waals surface area (Å²) in [6.07, 6.45) is 3.87. The molecule has 0 spiro atoms. The zero-order valence-electron chi connectivity index (χ0n) is 22.3. The first kappa shape index (κ1) is 22.4. The van der Waals surface area contributed by atoms with Crippen LogP contribution in [-0.2, 0) is 27.7 Å². The zero-order valence-corrected chi connectivity index (χ0v) is 21.1. The molecule has 0 amide bonds. The fourth-order valence-corrected chi connectivity index (χ4v) is 6.65. The summed E-state index contributed by atoms with van der Waals surface area (Å²) in [5, 5.41) is 10.3. The van der Waals surface area contributed by atoms with E-state index in [1.807, 2.05) is 19.1 Å². The molecule has 0 aliphatic carbocycles. The predicted octanol–water partition coefficient (Wildman–Crippen LogP) is 5.03. The van der Waals surface area contributed by atoms with Crippen molar-refractivity contribution in [3.63, 3.8) is 0 Å². The molecule has 1 atom stereocenters. The Hall–Kier alpha value is -2.09. The van der Waals surface area contributed by atoms with Crippen molar-refractivity contribution in [2.75, 3.05) is 24.1 Å². The molecule has 2 aromatic carbocycles. The minimum Gasteiger partial charge on any atom is -0.493 e. The number of nitrogens with zero attached hydrogens (tertiary/aromatic N) is 1. The highest BCUT2D eigenvalue weighted by Gasteiger charge is 2.35. The van der Waals surface area contributed by atoms with E-state index in [4.69, 9.17) is 12.2 Å². The van der Waals surface area contributed by atoms with Gasteiger partial charge in [0.15, 0.2) is 0 Å². The van der Waals surface area contributed by atoms with Crippen LogP contribution in [0.25, 0.3) is 0 Å². The second-order valence-electron chi connectivity index (χ2n) is 9.58. The van der Waals surface area contributed by atoms with Gasteiger partial charge < -0.3 is 14.6 Å². The highest BCUT2D eigenvalue weighted by Crippen LogP contribution is 2.38. The van der Waals surface area contributed by atoms with E-state index in [9.17, 15) is 13.5 Å². The third kappa shape index (κ3) is 5.11. The van der Waals surface area contributed by atoms with E-state index in [0.29, 0.717) is 44.3 Å². The molecule has 0 bridgehead atoms. The summed E-state index contributed by atoms with van der Waals surface area (Å²) in [6.45, 7) is 5.13. The number of hydrogen-bond acceptors (Lipinski definition) is 5. The van der Waals surface area contributed by atoms with Crippen LogP contribution < -0.4 is 9.04 Å². The molecule has 2 aliphatic heterocycles. The summed E-state index contributed by atoms with van der Waals surface area (Å²) >= 11 is 0. The third-order valence-corrected chi connectivity index (χ3v) is 8.86. The lowest BCUT2D eigenvalue weighted by Crippen LogP contribution is -2.43. The van der Waals surface area contributed by atoms with E-state index in [-0.39, 0.29) is 28.2 Å². The van der Waals surface area contributed by atoms with Crippen LogP contribution in [0.3, 0.4) is 0 Å². The largest absolute Gasteiger partial charge is 0.493 e. The number of aliphatic hydroxyl groups is 1. The minimum absolute atomic E-state index is 0.0620. The Kier molecular flexibility index (Phi) is 7.02. The molecule has 2 aromatic rings. The highest BCUT2D eigenvalue weighted by atomic mass is 32.2. The van der Waals surface area contributed by atoms with Gasteiger partial charge in [0.25, 0.3) is 10.0 Å². The van der Waals surface area contributed by atoms with Crippen LogP contribution in [0.5, 0.6) is 5.75 Å². The summed E-state index contributed by atoms with van der Waals surface area (Å²) in [5.41, 5.74) is 2.66. The molecule has 0 radical (unpaired) electrons. The van der Waals surface area contributed by atoms with E-state index in [1.165, 1.54) is 28.1 Å². The number of ether oxygens (including phenoxy) is 2. The van der Waals surface area contributed by atoms with Crippen LogP contribution in [0.2, 0.25) is 0 Å². The lowest BCUT2D eigenvalue weighted by molar-refractivity contribution is 0.0494. The van der Waals surface area contributed by atoms with Gasteiger partial charge in [0, 0.05) is 24.8 Å². The van der Waals surface area contributed by atoms with Gasteiger partial charge in [-0.1, -0.05) is 32.9 Å². The van der Waals surface area contributed by atoms with Crippen molar-refractivity contribution in [3.05, 3.63) is 53.1 Å². The van der Waals surface area contributed by atoms with Crippen molar-refractivity contribution in [3.8, 4) is 5.75 Å². The number of hydrogen-bond donors (Lipinski definition) is 1. The second-order valence-corrected chi connectivity index (χ2v) is 11.4. The van der Waals surface area contributed by atoms with Crippen molar-refractivity contribution < 1.29 is 25.7 Å². The Morgan fingerprint density at radius 2 is 1.94 bits per heavy atom. The first-order valence-electron chi connectivity index (χ1n) is 13.3.